The number of thiazole rings is 1. The average Bonchev–Trinajstić information content (AvgIpc) is 3.17. The largest absolute Gasteiger partial charge is 0.382 e. The molecule has 2 rings (SSSR count). The second-order valence-corrected chi connectivity index (χ2v) is 6.81. The lowest BCUT2D eigenvalue weighted by molar-refractivity contribution is 0.0536. The lowest BCUT2D eigenvalue weighted by atomic mass is 10.1. The number of aliphatic imine (C=N–C) groups is 1. The van der Waals surface area contributed by atoms with Crippen LogP contribution in [0.5, 0.6) is 0 Å². The first kappa shape index (κ1) is 18.2. The maximum absolute atomic E-state index is 5.64. The minimum absolute atomic E-state index is 0.576. The summed E-state index contributed by atoms with van der Waals surface area (Å²) in [6.45, 7) is 7.08. The van der Waals surface area contributed by atoms with E-state index in [-0.39, 0.29) is 0 Å². The number of guanidine groups is 1. The fraction of sp³-hybridized carbons (Fsp3) is 0.750. The molecule has 0 saturated carbocycles. The molecule has 7 heteroatoms. The van der Waals surface area contributed by atoms with Crippen molar-refractivity contribution in [1.29, 1.82) is 0 Å². The number of aryl methyl sites for hydroxylation is 1. The topological polar surface area (TPSA) is 59.0 Å². The molecule has 1 fully saturated rings. The van der Waals surface area contributed by atoms with Crippen molar-refractivity contribution in [3.05, 3.63) is 16.1 Å². The lowest BCUT2D eigenvalue weighted by Gasteiger charge is -2.21. The van der Waals surface area contributed by atoms with Crippen molar-refractivity contribution in [2.75, 3.05) is 53.6 Å². The zero-order chi connectivity index (χ0) is 16.5. The summed E-state index contributed by atoms with van der Waals surface area (Å²) >= 11 is 1.70. The van der Waals surface area contributed by atoms with Gasteiger partial charge in [-0.3, -0.25) is 4.99 Å². The molecule has 0 aromatic carbocycles. The number of methoxy groups -OCH3 is 1. The fourth-order valence-electron chi connectivity index (χ4n) is 2.71. The second kappa shape index (κ2) is 9.85. The molecule has 1 aromatic heterocycles. The Labute approximate surface area is 142 Å². The SMILES string of the molecule is CN=C(NCCc1csc(C)n1)N1CCC(COCCOC)C1. The number of hydrogen-bond donors (Lipinski definition) is 1. The van der Waals surface area contributed by atoms with Gasteiger partial charge >= 0.3 is 0 Å². The summed E-state index contributed by atoms with van der Waals surface area (Å²) in [5.41, 5.74) is 1.15. The third kappa shape index (κ3) is 6.08. The van der Waals surface area contributed by atoms with Gasteiger partial charge in [-0.25, -0.2) is 4.98 Å². The van der Waals surface area contributed by atoms with Crippen LogP contribution in [0.3, 0.4) is 0 Å². The molecule has 0 radical (unpaired) electrons. The number of nitrogens with zero attached hydrogens (tertiary/aromatic N) is 3. The molecule has 1 aliphatic heterocycles. The van der Waals surface area contributed by atoms with Crippen LogP contribution < -0.4 is 5.32 Å². The van der Waals surface area contributed by atoms with Gasteiger partial charge in [-0.1, -0.05) is 0 Å². The van der Waals surface area contributed by atoms with Crippen molar-refractivity contribution < 1.29 is 9.47 Å². The molecule has 1 aromatic rings. The van der Waals surface area contributed by atoms with Gasteiger partial charge < -0.3 is 19.7 Å². The van der Waals surface area contributed by atoms with E-state index in [4.69, 9.17) is 9.47 Å². The van der Waals surface area contributed by atoms with Crippen LogP contribution in [-0.4, -0.2) is 69.5 Å². The summed E-state index contributed by atoms with van der Waals surface area (Å²) < 4.78 is 10.6. The van der Waals surface area contributed by atoms with Crippen LogP contribution in [0.4, 0.5) is 0 Å². The van der Waals surface area contributed by atoms with Gasteiger partial charge in [0.25, 0.3) is 0 Å². The van der Waals surface area contributed by atoms with Gasteiger partial charge in [0.1, 0.15) is 0 Å². The molecule has 1 N–H and O–H groups in total. The second-order valence-electron chi connectivity index (χ2n) is 5.75. The van der Waals surface area contributed by atoms with Crippen molar-refractivity contribution in [1.82, 2.24) is 15.2 Å². The molecule has 2 heterocycles. The Kier molecular flexibility index (Phi) is 7.78. The van der Waals surface area contributed by atoms with Gasteiger partial charge in [-0.05, 0) is 13.3 Å². The highest BCUT2D eigenvalue weighted by Gasteiger charge is 2.24. The molecule has 0 amide bonds. The highest BCUT2D eigenvalue weighted by atomic mass is 32.1. The van der Waals surface area contributed by atoms with Crippen molar-refractivity contribution in [3.8, 4) is 0 Å². The zero-order valence-corrected chi connectivity index (χ0v) is 15.2. The summed E-state index contributed by atoms with van der Waals surface area (Å²) in [6, 6.07) is 0. The Hall–Kier alpha value is -1.18. The molecule has 1 saturated heterocycles. The smallest absolute Gasteiger partial charge is 0.193 e. The van der Waals surface area contributed by atoms with E-state index in [0.717, 1.165) is 55.7 Å². The molecule has 0 aliphatic carbocycles. The Bertz CT molecular complexity index is 492. The number of nitrogens with one attached hydrogen (secondary N) is 1. The van der Waals surface area contributed by atoms with E-state index in [0.29, 0.717) is 19.1 Å². The van der Waals surface area contributed by atoms with E-state index >= 15 is 0 Å². The number of ether oxygens (including phenoxy) is 2. The summed E-state index contributed by atoms with van der Waals surface area (Å²) in [4.78, 5) is 11.2. The van der Waals surface area contributed by atoms with Crippen LogP contribution in [0.1, 0.15) is 17.1 Å². The number of rotatable bonds is 8. The van der Waals surface area contributed by atoms with Crippen LogP contribution in [-0.2, 0) is 15.9 Å². The summed E-state index contributed by atoms with van der Waals surface area (Å²) in [6.07, 6.45) is 2.08. The third-order valence-electron chi connectivity index (χ3n) is 3.91. The molecule has 0 spiro atoms. The van der Waals surface area contributed by atoms with Crippen LogP contribution in [0.25, 0.3) is 0 Å². The van der Waals surface area contributed by atoms with Gasteiger partial charge in [0.05, 0.1) is 30.5 Å². The van der Waals surface area contributed by atoms with Crippen LogP contribution in [0.15, 0.2) is 10.4 Å². The molecule has 130 valence electrons. The van der Waals surface area contributed by atoms with Gasteiger partial charge in [0, 0.05) is 51.5 Å². The Morgan fingerprint density at radius 2 is 2.39 bits per heavy atom. The molecule has 1 atom stereocenters. The first-order chi connectivity index (χ1) is 11.2. The minimum Gasteiger partial charge on any atom is -0.382 e. The zero-order valence-electron chi connectivity index (χ0n) is 14.4. The van der Waals surface area contributed by atoms with Crippen molar-refractivity contribution in [3.63, 3.8) is 0 Å². The molecular formula is C16H28N4O2S. The van der Waals surface area contributed by atoms with Gasteiger partial charge in [-0.2, -0.15) is 0 Å². The maximum atomic E-state index is 5.64. The monoisotopic (exact) mass is 340 g/mol. The Morgan fingerprint density at radius 1 is 1.52 bits per heavy atom. The van der Waals surface area contributed by atoms with Gasteiger partial charge in [-0.15, -0.1) is 11.3 Å². The van der Waals surface area contributed by atoms with Gasteiger partial charge in [0.2, 0.25) is 0 Å². The van der Waals surface area contributed by atoms with Crippen LogP contribution in [0.2, 0.25) is 0 Å². The Balaban J connectivity index is 1.67. The summed E-state index contributed by atoms with van der Waals surface area (Å²) in [5, 5.41) is 6.70. The maximum Gasteiger partial charge on any atom is 0.193 e. The highest BCUT2D eigenvalue weighted by molar-refractivity contribution is 7.09. The first-order valence-corrected chi connectivity index (χ1v) is 9.04. The summed E-state index contributed by atoms with van der Waals surface area (Å²) in [7, 11) is 3.54. The van der Waals surface area contributed by atoms with E-state index in [1.807, 2.05) is 14.0 Å². The molecule has 6 nitrogen and oxygen atoms in total. The molecule has 1 aliphatic rings. The number of likely N-dealkylation sites (tertiary alicyclic amines) is 1. The summed E-state index contributed by atoms with van der Waals surface area (Å²) in [5.74, 6) is 1.56. The van der Waals surface area contributed by atoms with E-state index in [1.54, 1.807) is 18.4 Å². The van der Waals surface area contributed by atoms with E-state index < -0.39 is 0 Å². The molecular weight excluding hydrogens is 312 g/mol. The quantitative estimate of drug-likeness (QED) is 0.442. The normalized spacial score (nSPS) is 18.7. The van der Waals surface area contributed by atoms with E-state index in [1.165, 1.54) is 0 Å². The predicted octanol–water partition coefficient (Wildman–Crippen LogP) is 1.55. The first-order valence-electron chi connectivity index (χ1n) is 8.16. The van der Waals surface area contributed by atoms with E-state index in [2.05, 4.69) is 25.6 Å². The molecule has 1 unspecified atom stereocenters. The number of hydrogen-bond acceptors (Lipinski definition) is 5. The molecule has 23 heavy (non-hydrogen) atoms. The molecule has 0 bridgehead atoms. The predicted molar refractivity (Wildman–Crippen MR) is 94.3 cm³/mol. The van der Waals surface area contributed by atoms with Crippen molar-refractivity contribution in [2.24, 2.45) is 10.9 Å². The number of aromatic nitrogens is 1. The minimum atomic E-state index is 0.576. The fourth-order valence-corrected chi connectivity index (χ4v) is 3.36. The Morgan fingerprint density at radius 3 is 3.09 bits per heavy atom. The van der Waals surface area contributed by atoms with Crippen molar-refractivity contribution in [2.45, 2.75) is 19.8 Å². The van der Waals surface area contributed by atoms with Gasteiger partial charge in [0.15, 0.2) is 5.96 Å². The van der Waals surface area contributed by atoms with Crippen molar-refractivity contribution >= 4 is 17.3 Å². The van der Waals surface area contributed by atoms with E-state index in [9.17, 15) is 0 Å². The third-order valence-corrected chi connectivity index (χ3v) is 4.74. The highest BCUT2D eigenvalue weighted by Crippen LogP contribution is 2.16. The van der Waals surface area contributed by atoms with Crippen LogP contribution in [0, 0.1) is 12.8 Å². The standard InChI is InChI=1S/C16H28N4O2S/c1-13-19-15(12-23-13)4-6-18-16(17-2)20-7-5-14(10-20)11-22-9-8-21-3/h12,14H,4-11H2,1-3H3,(H,17,18). The lowest BCUT2D eigenvalue weighted by Crippen LogP contribution is -2.41. The van der Waals surface area contributed by atoms with Crippen LogP contribution >= 0.6 is 11.3 Å². The average molecular weight is 340 g/mol.